The standard InChI is InChI=1S/C27H23N3O3/c31-26(18-28-27(32)25-15-7-12-22-11-4-5-14-24(22)25)30-29-17-21-10-6-13-23(16-21)33-19-20-8-2-1-3-9-20/h1-17H,18-19H2,(H,28,32)(H,30,31)/b29-17+. The van der Waals surface area contributed by atoms with Gasteiger partial charge in [-0.05, 0) is 40.1 Å². The molecule has 33 heavy (non-hydrogen) atoms. The van der Waals surface area contributed by atoms with Gasteiger partial charge in [-0.25, -0.2) is 5.43 Å². The summed E-state index contributed by atoms with van der Waals surface area (Å²) in [6.45, 7) is 0.286. The largest absolute Gasteiger partial charge is 0.489 e. The van der Waals surface area contributed by atoms with Gasteiger partial charge in [0, 0.05) is 5.56 Å². The second kappa shape index (κ2) is 10.7. The lowest BCUT2D eigenvalue weighted by Gasteiger charge is -2.08. The molecule has 0 aliphatic carbocycles. The van der Waals surface area contributed by atoms with Crippen LogP contribution in [0.1, 0.15) is 21.5 Å². The minimum atomic E-state index is -0.420. The number of hydrogen-bond donors (Lipinski definition) is 2. The maximum absolute atomic E-state index is 12.5. The molecule has 6 heteroatoms. The van der Waals surface area contributed by atoms with E-state index in [9.17, 15) is 9.59 Å². The number of rotatable bonds is 8. The summed E-state index contributed by atoms with van der Waals surface area (Å²) in [5.41, 5.74) is 4.81. The average molecular weight is 437 g/mol. The summed E-state index contributed by atoms with van der Waals surface area (Å²) >= 11 is 0. The van der Waals surface area contributed by atoms with Gasteiger partial charge in [0.05, 0.1) is 12.8 Å². The van der Waals surface area contributed by atoms with Crippen LogP contribution in [0.15, 0.2) is 102 Å². The lowest BCUT2D eigenvalue weighted by Crippen LogP contribution is -2.35. The lowest BCUT2D eigenvalue weighted by atomic mass is 10.0. The van der Waals surface area contributed by atoms with Gasteiger partial charge in [-0.15, -0.1) is 0 Å². The molecule has 0 aliphatic heterocycles. The first-order valence-electron chi connectivity index (χ1n) is 10.5. The van der Waals surface area contributed by atoms with Crippen LogP contribution in [0.5, 0.6) is 5.75 Å². The van der Waals surface area contributed by atoms with E-state index in [0.29, 0.717) is 17.9 Å². The first kappa shape index (κ1) is 21.8. The number of amides is 2. The molecule has 164 valence electrons. The molecular formula is C27H23N3O3. The van der Waals surface area contributed by atoms with E-state index in [-0.39, 0.29) is 12.5 Å². The smallest absolute Gasteiger partial charge is 0.259 e. The van der Waals surface area contributed by atoms with Crippen LogP contribution in [-0.4, -0.2) is 24.6 Å². The molecule has 0 saturated heterocycles. The number of fused-ring (bicyclic) bond motifs is 1. The fourth-order valence-corrected chi connectivity index (χ4v) is 3.32. The zero-order valence-corrected chi connectivity index (χ0v) is 17.9. The predicted molar refractivity (Wildman–Crippen MR) is 129 cm³/mol. The topological polar surface area (TPSA) is 79.8 Å². The summed E-state index contributed by atoms with van der Waals surface area (Å²) in [7, 11) is 0. The SMILES string of the molecule is O=C(CNC(=O)c1cccc2ccccc12)N/N=C/c1cccc(OCc2ccccc2)c1. The van der Waals surface area contributed by atoms with E-state index < -0.39 is 5.91 Å². The molecule has 0 saturated carbocycles. The molecule has 0 aromatic heterocycles. The Bertz CT molecular complexity index is 1280. The van der Waals surface area contributed by atoms with Crippen LogP contribution < -0.4 is 15.5 Å². The molecule has 0 radical (unpaired) electrons. The number of hydrazone groups is 1. The summed E-state index contributed by atoms with van der Waals surface area (Å²) in [6.07, 6.45) is 1.53. The van der Waals surface area contributed by atoms with Crippen molar-refractivity contribution in [2.45, 2.75) is 6.61 Å². The Kier molecular flexibility index (Phi) is 7.08. The molecule has 6 nitrogen and oxygen atoms in total. The van der Waals surface area contributed by atoms with E-state index in [4.69, 9.17) is 4.74 Å². The Labute approximate surface area is 191 Å². The molecule has 4 rings (SSSR count). The van der Waals surface area contributed by atoms with Crippen LogP contribution in [-0.2, 0) is 11.4 Å². The predicted octanol–water partition coefficient (Wildman–Crippen LogP) is 4.30. The third-order valence-electron chi connectivity index (χ3n) is 4.95. The third-order valence-corrected chi connectivity index (χ3v) is 4.95. The van der Waals surface area contributed by atoms with E-state index in [2.05, 4.69) is 15.8 Å². The van der Waals surface area contributed by atoms with Crippen molar-refractivity contribution >= 4 is 28.8 Å². The van der Waals surface area contributed by atoms with E-state index in [1.54, 1.807) is 6.07 Å². The quantitative estimate of drug-likeness (QED) is 0.319. The Morgan fingerprint density at radius 2 is 1.61 bits per heavy atom. The summed E-state index contributed by atoms with van der Waals surface area (Å²) < 4.78 is 5.80. The Morgan fingerprint density at radius 3 is 2.48 bits per heavy atom. The zero-order chi connectivity index (χ0) is 22.9. The maximum Gasteiger partial charge on any atom is 0.259 e. The first-order chi connectivity index (χ1) is 16.2. The van der Waals surface area contributed by atoms with Crippen molar-refractivity contribution in [2.75, 3.05) is 6.54 Å². The van der Waals surface area contributed by atoms with Crippen LogP contribution >= 0.6 is 0 Å². The van der Waals surface area contributed by atoms with E-state index in [1.807, 2.05) is 91.0 Å². The Balaban J connectivity index is 1.27. The molecule has 0 bridgehead atoms. The Hall–Kier alpha value is -4.45. The van der Waals surface area contributed by atoms with Crippen molar-refractivity contribution in [3.05, 3.63) is 114 Å². The van der Waals surface area contributed by atoms with Crippen molar-refractivity contribution in [2.24, 2.45) is 5.10 Å². The van der Waals surface area contributed by atoms with Crippen molar-refractivity contribution in [3.8, 4) is 5.75 Å². The average Bonchev–Trinajstić information content (AvgIpc) is 2.86. The molecule has 0 unspecified atom stereocenters. The monoisotopic (exact) mass is 437 g/mol. The summed E-state index contributed by atoms with van der Waals surface area (Å²) in [4.78, 5) is 24.6. The van der Waals surface area contributed by atoms with Gasteiger partial charge in [-0.3, -0.25) is 9.59 Å². The number of hydrogen-bond acceptors (Lipinski definition) is 4. The molecule has 2 amide bonds. The number of carbonyl (C=O) groups excluding carboxylic acids is 2. The van der Waals surface area contributed by atoms with E-state index >= 15 is 0 Å². The number of nitrogens with one attached hydrogen (secondary N) is 2. The number of nitrogens with zero attached hydrogens (tertiary/aromatic N) is 1. The van der Waals surface area contributed by atoms with Crippen LogP contribution in [0.4, 0.5) is 0 Å². The number of carbonyl (C=O) groups is 2. The van der Waals surface area contributed by atoms with Crippen LogP contribution in [0.2, 0.25) is 0 Å². The highest BCUT2D eigenvalue weighted by molar-refractivity contribution is 6.07. The van der Waals surface area contributed by atoms with Gasteiger partial charge in [0.15, 0.2) is 0 Å². The van der Waals surface area contributed by atoms with Gasteiger partial charge in [0.1, 0.15) is 12.4 Å². The maximum atomic E-state index is 12.5. The lowest BCUT2D eigenvalue weighted by molar-refractivity contribution is -0.120. The zero-order valence-electron chi connectivity index (χ0n) is 17.9. The molecule has 0 atom stereocenters. The molecule has 0 heterocycles. The normalized spacial score (nSPS) is 10.8. The minimum Gasteiger partial charge on any atom is -0.489 e. The second-order valence-corrected chi connectivity index (χ2v) is 7.35. The fraction of sp³-hybridized carbons (Fsp3) is 0.0741. The van der Waals surface area contributed by atoms with E-state index in [1.165, 1.54) is 6.21 Å². The van der Waals surface area contributed by atoms with Crippen molar-refractivity contribution in [1.29, 1.82) is 0 Å². The van der Waals surface area contributed by atoms with Gasteiger partial charge in [-0.2, -0.15) is 5.10 Å². The van der Waals surface area contributed by atoms with Gasteiger partial charge >= 0.3 is 0 Å². The highest BCUT2D eigenvalue weighted by Crippen LogP contribution is 2.18. The molecule has 0 aliphatic rings. The number of ether oxygens (including phenoxy) is 1. The van der Waals surface area contributed by atoms with Gasteiger partial charge < -0.3 is 10.1 Å². The van der Waals surface area contributed by atoms with Crippen molar-refractivity contribution < 1.29 is 14.3 Å². The second-order valence-electron chi connectivity index (χ2n) is 7.35. The minimum absolute atomic E-state index is 0.181. The summed E-state index contributed by atoms with van der Waals surface area (Å²) in [6, 6.07) is 30.4. The molecular weight excluding hydrogens is 414 g/mol. The molecule has 0 fully saturated rings. The first-order valence-corrected chi connectivity index (χ1v) is 10.5. The van der Waals surface area contributed by atoms with Crippen molar-refractivity contribution in [3.63, 3.8) is 0 Å². The Morgan fingerprint density at radius 1 is 0.848 bits per heavy atom. The number of benzene rings is 4. The molecule has 4 aromatic rings. The molecule has 0 spiro atoms. The van der Waals surface area contributed by atoms with Crippen LogP contribution in [0.3, 0.4) is 0 Å². The molecule has 4 aromatic carbocycles. The highest BCUT2D eigenvalue weighted by atomic mass is 16.5. The summed E-state index contributed by atoms with van der Waals surface area (Å²) in [5, 5.41) is 8.41. The molecule has 2 N–H and O–H groups in total. The van der Waals surface area contributed by atoms with E-state index in [0.717, 1.165) is 21.9 Å². The van der Waals surface area contributed by atoms with Crippen LogP contribution in [0, 0.1) is 0 Å². The van der Waals surface area contributed by atoms with Gasteiger partial charge in [0.25, 0.3) is 11.8 Å². The van der Waals surface area contributed by atoms with Crippen molar-refractivity contribution in [1.82, 2.24) is 10.7 Å². The van der Waals surface area contributed by atoms with Crippen LogP contribution in [0.25, 0.3) is 10.8 Å². The summed E-state index contributed by atoms with van der Waals surface area (Å²) in [5.74, 6) is -0.0259. The third kappa shape index (κ3) is 6.04. The van der Waals surface area contributed by atoms with Gasteiger partial charge in [-0.1, -0.05) is 78.9 Å². The fourth-order valence-electron chi connectivity index (χ4n) is 3.32. The van der Waals surface area contributed by atoms with Gasteiger partial charge in [0.2, 0.25) is 0 Å². The highest BCUT2D eigenvalue weighted by Gasteiger charge is 2.10.